The van der Waals surface area contributed by atoms with Crippen molar-refractivity contribution in [3.8, 4) is 0 Å². The van der Waals surface area contributed by atoms with Crippen molar-refractivity contribution in [3.63, 3.8) is 0 Å². The first kappa shape index (κ1) is 13.9. The second kappa shape index (κ2) is 5.61. The summed E-state index contributed by atoms with van der Waals surface area (Å²) < 4.78 is 0. The summed E-state index contributed by atoms with van der Waals surface area (Å²) in [5, 5.41) is 6.90. The lowest BCUT2D eigenvalue weighted by atomic mass is 10.0. The third-order valence-corrected chi connectivity index (χ3v) is 4.00. The summed E-state index contributed by atoms with van der Waals surface area (Å²) in [6.07, 6.45) is 2.76. The third-order valence-electron chi connectivity index (χ3n) is 4.00. The summed E-state index contributed by atoms with van der Waals surface area (Å²) >= 11 is 0. The quantitative estimate of drug-likeness (QED) is 0.844. The molecule has 0 aromatic carbocycles. The van der Waals surface area contributed by atoms with Gasteiger partial charge < -0.3 is 15.5 Å². The van der Waals surface area contributed by atoms with Crippen LogP contribution in [0.15, 0.2) is 0 Å². The van der Waals surface area contributed by atoms with Gasteiger partial charge in [0.15, 0.2) is 5.69 Å². The molecule has 3 N–H and O–H groups in total. The number of aromatic nitrogens is 2. The first-order valence-corrected chi connectivity index (χ1v) is 6.83. The van der Waals surface area contributed by atoms with Crippen molar-refractivity contribution in [3.05, 3.63) is 11.4 Å². The van der Waals surface area contributed by atoms with E-state index < -0.39 is 0 Å². The summed E-state index contributed by atoms with van der Waals surface area (Å²) in [6.45, 7) is 4.04. The van der Waals surface area contributed by atoms with Gasteiger partial charge in [-0.2, -0.15) is 5.10 Å². The molecule has 0 atom stereocenters. The molecule has 0 spiro atoms. The number of nitrogens with two attached hydrogens (primary N) is 1. The molecule has 1 aromatic heterocycles. The molecule has 0 saturated carbocycles. The number of amides is 1. The van der Waals surface area contributed by atoms with Gasteiger partial charge in [0.05, 0.1) is 11.4 Å². The predicted molar refractivity (Wildman–Crippen MR) is 75.0 cm³/mol. The van der Waals surface area contributed by atoms with Gasteiger partial charge in [0, 0.05) is 13.1 Å². The minimum absolute atomic E-state index is 0.0806. The van der Waals surface area contributed by atoms with Gasteiger partial charge in [0.25, 0.3) is 5.91 Å². The van der Waals surface area contributed by atoms with E-state index >= 15 is 0 Å². The van der Waals surface area contributed by atoms with Gasteiger partial charge in [0.1, 0.15) is 0 Å². The number of likely N-dealkylation sites (tertiary alicyclic amines) is 1. The zero-order valence-corrected chi connectivity index (χ0v) is 11.9. The Morgan fingerprint density at radius 3 is 2.68 bits per heavy atom. The molecule has 0 bridgehead atoms. The van der Waals surface area contributed by atoms with Gasteiger partial charge in [-0.05, 0) is 39.4 Å². The van der Waals surface area contributed by atoms with E-state index in [0.717, 1.165) is 38.0 Å². The fourth-order valence-corrected chi connectivity index (χ4v) is 2.53. The summed E-state index contributed by atoms with van der Waals surface area (Å²) in [5.74, 6) is -0.0806. The largest absolute Gasteiger partial charge is 0.395 e. The third kappa shape index (κ3) is 2.73. The number of nitrogens with one attached hydrogen (secondary N) is 1. The van der Waals surface area contributed by atoms with Crippen LogP contribution in [0.3, 0.4) is 0 Å². The SMILES string of the molecule is CCc1[nH]nc(C(=O)N(C)C2CCN(C)CC2)c1N. The van der Waals surface area contributed by atoms with Crippen LogP contribution < -0.4 is 5.73 Å². The van der Waals surface area contributed by atoms with Crippen molar-refractivity contribution < 1.29 is 4.79 Å². The number of rotatable bonds is 3. The monoisotopic (exact) mass is 265 g/mol. The van der Waals surface area contributed by atoms with E-state index in [4.69, 9.17) is 5.73 Å². The van der Waals surface area contributed by atoms with Crippen LogP contribution in [0.1, 0.15) is 35.9 Å². The molecule has 106 valence electrons. The molecular weight excluding hydrogens is 242 g/mol. The van der Waals surface area contributed by atoms with Crippen LogP contribution in [0.5, 0.6) is 0 Å². The molecule has 1 saturated heterocycles. The van der Waals surface area contributed by atoms with Crippen LogP contribution in [-0.2, 0) is 6.42 Å². The van der Waals surface area contributed by atoms with E-state index in [2.05, 4.69) is 22.1 Å². The Morgan fingerprint density at radius 2 is 2.16 bits per heavy atom. The number of hydrogen-bond acceptors (Lipinski definition) is 4. The molecular formula is C13H23N5O. The van der Waals surface area contributed by atoms with Crippen molar-refractivity contribution in [1.29, 1.82) is 0 Å². The Kier molecular flexibility index (Phi) is 4.09. The molecule has 1 fully saturated rings. The Bertz CT molecular complexity index is 448. The molecule has 2 heterocycles. The topological polar surface area (TPSA) is 78.2 Å². The number of nitrogens with zero attached hydrogens (tertiary/aromatic N) is 3. The predicted octanol–water partition coefficient (Wildman–Crippen LogP) is 0.721. The van der Waals surface area contributed by atoms with Gasteiger partial charge in [-0.1, -0.05) is 6.92 Å². The molecule has 1 aromatic rings. The highest BCUT2D eigenvalue weighted by molar-refractivity contribution is 5.97. The van der Waals surface area contributed by atoms with Crippen LogP contribution >= 0.6 is 0 Å². The lowest BCUT2D eigenvalue weighted by Gasteiger charge is -2.34. The van der Waals surface area contributed by atoms with Gasteiger partial charge in [-0.3, -0.25) is 9.89 Å². The van der Waals surface area contributed by atoms with Gasteiger partial charge in [0.2, 0.25) is 0 Å². The smallest absolute Gasteiger partial charge is 0.276 e. The zero-order chi connectivity index (χ0) is 14.0. The van der Waals surface area contributed by atoms with E-state index in [9.17, 15) is 4.79 Å². The number of aryl methyl sites for hydroxylation is 1. The normalized spacial score (nSPS) is 17.6. The average Bonchev–Trinajstić information content (AvgIpc) is 2.79. The summed E-state index contributed by atoms with van der Waals surface area (Å²) in [5.41, 5.74) is 7.64. The Balaban J connectivity index is 2.08. The number of carbonyl (C=O) groups is 1. The molecule has 0 radical (unpaired) electrons. The van der Waals surface area contributed by atoms with Gasteiger partial charge >= 0.3 is 0 Å². The highest BCUT2D eigenvalue weighted by Crippen LogP contribution is 2.20. The molecule has 6 heteroatoms. The van der Waals surface area contributed by atoms with E-state index in [1.54, 1.807) is 4.90 Å². The maximum absolute atomic E-state index is 12.4. The van der Waals surface area contributed by atoms with E-state index in [1.807, 2.05) is 14.0 Å². The minimum Gasteiger partial charge on any atom is -0.395 e. The molecule has 1 amide bonds. The van der Waals surface area contributed by atoms with Crippen LogP contribution in [0.25, 0.3) is 0 Å². The van der Waals surface area contributed by atoms with Crippen molar-refractivity contribution in [1.82, 2.24) is 20.0 Å². The Morgan fingerprint density at radius 1 is 1.53 bits per heavy atom. The van der Waals surface area contributed by atoms with Gasteiger partial charge in [-0.25, -0.2) is 0 Å². The molecule has 6 nitrogen and oxygen atoms in total. The Labute approximate surface area is 113 Å². The van der Waals surface area contributed by atoms with Gasteiger partial charge in [-0.15, -0.1) is 0 Å². The van der Waals surface area contributed by atoms with E-state index in [0.29, 0.717) is 11.4 Å². The molecule has 1 aliphatic heterocycles. The molecule has 0 aliphatic carbocycles. The second-order valence-electron chi connectivity index (χ2n) is 5.27. The van der Waals surface area contributed by atoms with E-state index in [-0.39, 0.29) is 11.9 Å². The fourth-order valence-electron chi connectivity index (χ4n) is 2.53. The molecule has 19 heavy (non-hydrogen) atoms. The van der Waals surface area contributed by atoms with Crippen molar-refractivity contribution >= 4 is 11.6 Å². The lowest BCUT2D eigenvalue weighted by molar-refractivity contribution is 0.0655. The number of anilines is 1. The number of carbonyl (C=O) groups excluding carboxylic acids is 1. The summed E-state index contributed by atoms with van der Waals surface area (Å²) in [6, 6.07) is 0.282. The Hall–Kier alpha value is -1.56. The van der Waals surface area contributed by atoms with Crippen molar-refractivity contribution in [2.24, 2.45) is 0 Å². The zero-order valence-electron chi connectivity index (χ0n) is 11.9. The van der Waals surface area contributed by atoms with E-state index in [1.165, 1.54) is 0 Å². The standard InChI is InChI=1S/C13H23N5O/c1-4-10-11(14)12(16-15-10)13(19)18(3)9-5-7-17(2)8-6-9/h9H,4-8,14H2,1-3H3,(H,15,16). The van der Waals surface area contributed by atoms with Crippen LogP contribution in [0.4, 0.5) is 5.69 Å². The number of nitrogen functional groups attached to an aromatic ring is 1. The average molecular weight is 265 g/mol. The number of aromatic amines is 1. The molecule has 0 unspecified atom stereocenters. The second-order valence-corrected chi connectivity index (χ2v) is 5.27. The van der Waals surface area contributed by atoms with Crippen LogP contribution in [0.2, 0.25) is 0 Å². The fraction of sp³-hybridized carbons (Fsp3) is 0.692. The molecule has 2 rings (SSSR count). The highest BCUT2D eigenvalue weighted by atomic mass is 16.2. The summed E-state index contributed by atoms with van der Waals surface area (Å²) in [4.78, 5) is 16.5. The maximum atomic E-state index is 12.4. The van der Waals surface area contributed by atoms with Crippen molar-refractivity contribution in [2.45, 2.75) is 32.2 Å². The first-order valence-electron chi connectivity index (χ1n) is 6.83. The highest BCUT2D eigenvalue weighted by Gasteiger charge is 2.27. The number of H-pyrrole nitrogens is 1. The number of piperidine rings is 1. The van der Waals surface area contributed by atoms with Crippen LogP contribution in [0, 0.1) is 0 Å². The molecule has 1 aliphatic rings. The minimum atomic E-state index is -0.0806. The van der Waals surface area contributed by atoms with Crippen LogP contribution in [-0.4, -0.2) is 59.1 Å². The number of hydrogen-bond donors (Lipinski definition) is 2. The first-order chi connectivity index (χ1) is 9.04. The summed E-state index contributed by atoms with van der Waals surface area (Å²) in [7, 11) is 3.95. The maximum Gasteiger partial charge on any atom is 0.276 e. The van der Waals surface area contributed by atoms with Crippen molar-refractivity contribution in [2.75, 3.05) is 32.9 Å². The lowest BCUT2D eigenvalue weighted by Crippen LogP contribution is -2.44.